The molecule has 0 radical (unpaired) electrons. The number of nitrogens with zero attached hydrogens (tertiary/aromatic N) is 2. The van der Waals surface area contributed by atoms with Crippen LogP contribution in [0.3, 0.4) is 0 Å². The third-order valence-electron chi connectivity index (χ3n) is 6.31. The first-order valence-corrected chi connectivity index (χ1v) is 10.2. The molecule has 152 valence electrons. The van der Waals surface area contributed by atoms with Crippen molar-refractivity contribution in [2.75, 3.05) is 0 Å². The fourth-order valence-corrected chi connectivity index (χ4v) is 5.14. The highest BCUT2D eigenvalue weighted by Crippen LogP contribution is 2.53. The number of allylic oxidation sites excluding steroid dienone is 2. The van der Waals surface area contributed by atoms with E-state index in [1.807, 2.05) is 12.2 Å². The number of imide groups is 1. The van der Waals surface area contributed by atoms with Crippen LogP contribution < -0.4 is 0 Å². The maximum absolute atomic E-state index is 14.4. The second-order valence-electron chi connectivity index (χ2n) is 7.92. The summed E-state index contributed by atoms with van der Waals surface area (Å²) in [5, 5.41) is 2.17. The van der Waals surface area contributed by atoms with E-state index < -0.39 is 35.4 Å². The maximum atomic E-state index is 14.4. The molecule has 3 amide bonds. The lowest BCUT2D eigenvalue weighted by atomic mass is 9.85. The average Bonchev–Trinajstić information content (AvgIpc) is 3.42. The van der Waals surface area contributed by atoms with Gasteiger partial charge >= 0.3 is 0 Å². The third kappa shape index (κ3) is 2.78. The smallest absolute Gasteiger partial charge is 0.272 e. The second kappa shape index (κ2) is 7.06. The molecular weight excluding hydrogens is 407 g/mol. The number of halogens is 2. The summed E-state index contributed by atoms with van der Waals surface area (Å²) in [6, 6.07) is 12.4. The Morgan fingerprint density at radius 1 is 1.00 bits per heavy atom. The van der Waals surface area contributed by atoms with Crippen LogP contribution in [0.2, 0.25) is 5.02 Å². The van der Waals surface area contributed by atoms with E-state index in [0.29, 0.717) is 0 Å². The molecule has 5 nitrogen and oxygen atoms in total. The van der Waals surface area contributed by atoms with Crippen molar-refractivity contribution < 1.29 is 18.8 Å². The van der Waals surface area contributed by atoms with Gasteiger partial charge < -0.3 is 0 Å². The molecule has 2 aliphatic carbocycles. The van der Waals surface area contributed by atoms with Crippen molar-refractivity contribution in [3.05, 3.63) is 82.6 Å². The minimum Gasteiger partial charge on any atom is -0.272 e. The van der Waals surface area contributed by atoms with Gasteiger partial charge in [-0.3, -0.25) is 14.4 Å². The van der Waals surface area contributed by atoms with E-state index in [9.17, 15) is 18.8 Å². The van der Waals surface area contributed by atoms with Crippen molar-refractivity contribution in [2.45, 2.75) is 13.0 Å². The van der Waals surface area contributed by atoms with Crippen LogP contribution in [0.4, 0.5) is 4.39 Å². The van der Waals surface area contributed by atoms with Crippen LogP contribution in [0.15, 0.2) is 60.7 Å². The predicted molar refractivity (Wildman–Crippen MR) is 107 cm³/mol. The van der Waals surface area contributed by atoms with E-state index in [0.717, 1.165) is 16.4 Å². The first-order valence-electron chi connectivity index (χ1n) is 9.83. The number of carbonyl (C=O) groups excluding carboxylic acids is 3. The molecule has 0 aromatic heterocycles. The van der Waals surface area contributed by atoms with Gasteiger partial charge in [0.25, 0.3) is 17.7 Å². The van der Waals surface area contributed by atoms with Crippen LogP contribution >= 0.6 is 11.6 Å². The number of amides is 3. The van der Waals surface area contributed by atoms with E-state index in [4.69, 9.17) is 11.6 Å². The largest absolute Gasteiger partial charge is 0.274 e. The van der Waals surface area contributed by atoms with Gasteiger partial charge in [-0.2, -0.15) is 5.01 Å². The third-order valence-corrected chi connectivity index (χ3v) is 6.63. The second-order valence-corrected chi connectivity index (χ2v) is 8.33. The summed E-state index contributed by atoms with van der Waals surface area (Å²) in [6.07, 6.45) is 4.75. The number of hydrogen-bond acceptors (Lipinski definition) is 3. The number of carbonyl (C=O) groups is 3. The van der Waals surface area contributed by atoms with Crippen molar-refractivity contribution in [1.82, 2.24) is 10.0 Å². The molecule has 1 heterocycles. The number of rotatable bonds is 4. The normalized spacial score (nSPS) is 26.4. The molecule has 1 aliphatic heterocycles. The zero-order valence-electron chi connectivity index (χ0n) is 15.9. The molecule has 2 bridgehead atoms. The van der Waals surface area contributed by atoms with Gasteiger partial charge in [0.15, 0.2) is 0 Å². The van der Waals surface area contributed by atoms with E-state index in [1.165, 1.54) is 18.2 Å². The minimum atomic E-state index is -0.620. The van der Waals surface area contributed by atoms with Crippen LogP contribution in [0.25, 0.3) is 0 Å². The van der Waals surface area contributed by atoms with Crippen LogP contribution in [0.1, 0.15) is 22.3 Å². The lowest BCUT2D eigenvalue weighted by Crippen LogP contribution is -2.50. The molecule has 1 saturated heterocycles. The Labute approximate surface area is 177 Å². The SMILES string of the molecule is O=C(c1ccccc1Cl)N(Cc1ccccc1F)N1C(=O)[C@@H]2[C@H](C1=O)[C@H]1C=C[C@H]2C1. The minimum absolute atomic E-state index is 0.00665. The lowest BCUT2D eigenvalue weighted by molar-refractivity contribution is -0.156. The highest BCUT2D eigenvalue weighted by atomic mass is 35.5. The Hall–Kier alpha value is -2.99. The Balaban J connectivity index is 1.56. The Morgan fingerprint density at radius 2 is 1.60 bits per heavy atom. The van der Waals surface area contributed by atoms with E-state index >= 15 is 0 Å². The molecule has 2 aromatic carbocycles. The molecule has 3 aliphatic rings. The number of fused-ring (bicyclic) bond motifs is 5. The van der Waals surface area contributed by atoms with Crippen molar-refractivity contribution in [3.63, 3.8) is 0 Å². The molecule has 2 aromatic rings. The highest BCUT2D eigenvalue weighted by molar-refractivity contribution is 6.33. The summed E-state index contributed by atoms with van der Waals surface area (Å²) in [5.41, 5.74) is 0.353. The Kier molecular flexibility index (Phi) is 4.47. The summed E-state index contributed by atoms with van der Waals surface area (Å²) in [5.74, 6) is -2.86. The molecule has 0 spiro atoms. The van der Waals surface area contributed by atoms with Gasteiger partial charge in [0.2, 0.25) is 0 Å². The first-order chi connectivity index (χ1) is 14.5. The summed E-state index contributed by atoms with van der Waals surface area (Å²) in [4.78, 5) is 40.0. The summed E-state index contributed by atoms with van der Waals surface area (Å²) >= 11 is 6.21. The van der Waals surface area contributed by atoms with E-state index in [2.05, 4.69) is 0 Å². The van der Waals surface area contributed by atoms with Crippen molar-refractivity contribution in [3.8, 4) is 0 Å². The van der Waals surface area contributed by atoms with Gasteiger partial charge in [0, 0.05) is 5.56 Å². The topological polar surface area (TPSA) is 57.7 Å². The zero-order valence-corrected chi connectivity index (χ0v) is 16.6. The molecule has 1 saturated carbocycles. The molecule has 30 heavy (non-hydrogen) atoms. The van der Waals surface area contributed by atoms with Crippen molar-refractivity contribution in [2.24, 2.45) is 23.7 Å². The van der Waals surface area contributed by atoms with Crippen LogP contribution in [-0.2, 0) is 16.1 Å². The first kappa shape index (κ1) is 19.0. The Morgan fingerprint density at radius 3 is 2.23 bits per heavy atom. The van der Waals surface area contributed by atoms with Gasteiger partial charge in [-0.15, -0.1) is 0 Å². The number of hydrogen-bond donors (Lipinski definition) is 0. The van der Waals surface area contributed by atoms with Gasteiger partial charge in [-0.25, -0.2) is 9.40 Å². The van der Waals surface area contributed by atoms with Gasteiger partial charge in [-0.05, 0) is 36.5 Å². The lowest BCUT2D eigenvalue weighted by Gasteiger charge is -2.31. The molecule has 0 N–H and O–H groups in total. The predicted octanol–water partition coefficient (Wildman–Crippen LogP) is 3.84. The van der Waals surface area contributed by atoms with E-state index in [1.54, 1.807) is 30.3 Å². The quantitative estimate of drug-likeness (QED) is 0.553. The summed E-state index contributed by atoms with van der Waals surface area (Å²) in [6.45, 7) is -0.254. The average molecular weight is 425 g/mol. The van der Waals surface area contributed by atoms with Crippen molar-refractivity contribution >= 4 is 29.3 Å². The fraction of sp³-hybridized carbons (Fsp3) is 0.261. The van der Waals surface area contributed by atoms with Crippen LogP contribution in [0, 0.1) is 29.5 Å². The molecule has 0 unspecified atom stereocenters. The summed E-state index contributed by atoms with van der Waals surface area (Å²) < 4.78 is 14.4. The van der Waals surface area contributed by atoms with Crippen molar-refractivity contribution in [1.29, 1.82) is 0 Å². The summed E-state index contributed by atoms with van der Waals surface area (Å²) in [7, 11) is 0. The number of benzene rings is 2. The van der Waals surface area contributed by atoms with Gasteiger partial charge in [0.05, 0.1) is 29.0 Å². The van der Waals surface area contributed by atoms with Gasteiger partial charge in [0.1, 0.15) is 5.82 Å². The molecule has 2 fully saturated rings. The molecule has 5 rings (SSSR count). The van der Waals surface area contributed by atoms with Crippen LogP contribution in [0.5, 0.6) is 0 Å². The fourth-order valence-electron chi connectivity index (χ4n) is 4.92. The van der Waals surface area contributed by atoms with E-state index in [-0.39, 0.29) is 34.5 Å². The zero-order chi connectivity index (χ0) is 21.0. The monoisotopic (exact) mass is 424 g/mol. The molecule has 4 atom stereocenters. The maximum Gasteiger partial charge on any atom is 0.274 e. The van der Waals surface area contributed by atoms with Crippen LogP contribution in [-0.4, -0.2) is 27.7 Å². The standard InChI is InChI=1S/C23H18ClFN2O3/c24-17-7-3-2-6-16(17)21(28)26(12-15-5-1-4-8-18(15)25)27-22(29)19-13-9-10-14(11-13)20(19)23(27)30/h1-10,13-14,19-20H,11-12H2/t13-,14-,19-,20+/m0/s1. The highest BCUT2D eigenvalue weighted by Gasteiger charge is 2.61. The van der Waals surface area contributed by atoms with Gasteiger partial charge in [-0.1, -0.05) is 54.1 Å². The Bertz CT molecular complexity index is 1070. The molecular formula is C23H18ClFN2O3. The molecule has 7 heteroatoms. The number of hydrazine groups is 1.